The van der Waals surface area contributed by atoms with E-state index in [0.717, 1.165) is 11.3 Å². The lowest BCUT2D eigenvalue weighted by Crippen LogP contribution is -2.45. The molecule has 8 heteroatoms. The average Bonchev–Trinajstić information content (AvgIpc) is 2.85. The van der Waals surface area contributed by atoms with Gasteiger partial charge in [-0.25, -0.2) is 0 Å². The fourth-order valence-electron chi connectivity index (χ4n) is 2.01. The highest BCUT2D eigenvalue weighted by Crippen LogP contribution is 2.22. The Morgan fingerprint density at radius 1 is 1.52 bits per heavy atom. The van der Waals surface area contributed by atoms with E-state index in [1.54, 1.807) is 19.3 Å². The van der Waals surface area contributed by atoms with E-state index < -0.39 is 0 Å². The van der Waals surface area contributed by atoms with Crippen LogP contribution in [-0.2, 0) is 11.3 Å². The largest absolute Gasteiger partial charge is 0.364 e. The summed E-state index contributed by atoms with van der Waals surface area (Å²) in [5, 5.41) is 5.75. The second-order valence-electron chi connectivity index (χ2n) is 4.80. The van der Waals surface area contributed by atoms with E-state index in [9.17, 15) is 9.59 Å². The highest BCUT2D eigenvalue weighted by Gasteiger charge is 2.22. The molecule has 0 aliphatic carbocycles. The highest BCUT2D eigenvalue weighted by molar-refractivity contribution is 7.80. The Kier molecular flexibility index (Phi) is 4.69. The number of fused-ring (bicyclic) bond motifs is 1. The van der Waals surface area contributed by atoms with Crippen molar-refractivity contribution in [2.45, 2.75) is 25.8 Å². The molecule has 2 rings (SSSR count). The van der Waals surface area contributed by atoms with Crippen LogP contribution in [0, 0.1) is 0 Å². The van der Waals surface area contributed by atoms with E-state index >= 15 is 0 Å². The molecule has 21 heavy (non-hydrogen) atoms. The Morgan fingerprint density at radius 3 is 3.00 bits per heavy atom. The molecule has 1 aliphatic heterocycles. The summed E-state index contributed by atoms with van der Waals surface area (Å²) < 4.78 is 0. The van der Waals surface area contributed by atoms with Crippen molar-refractivity contribution in [3.63, 3.8) is 0 Å². The lowest BCUT2D eigenvalue weighted by atomic mass is 9.97. The number of pyridine rings is 1. The Balaban J connectivity index is 1.96. The molecule has 1 aromatic heterocycles. The predicted octanol–water partition coefficient (Wildman–Crippen LogP) is -0.0563. The van der Waals surface area contributed by atoms with Gasteiger partial charge in [-0.15, -0.1) is 0 Å². The van der Waals surface area contributed by atoms with Gasteiger partial charge in [-0.1, -0.05) is 6.92 Å². The number of hydrogen-bond acceptors (Lipinski definition) is 4. The van der Waals surface area contributed by atoms with Crippen molar-refractivity contribution in [1.82, 2.24) is 26.5 Å². The number of hydrazine groups is 1. The van der Waals surface area contributed by atoms with Crippen LogP contribution >= 0.6 is 12.2 Å². The molecule has 1 atom stereocenters. The maximum Gasteiger partial charge on any atom is 0.253 e. The van der Waals surface area contributed by atoms with E-state index in [1.807, 2.05) is 6.92 Å². The monoisotopic (exact) mass is 307 g/mol. The van der Waals surface area contributed by atoms with Gasteiger partial charge in [0.25, 0.3) is 5.91 Å². The molecule has 4 N–H and O–H groups in total. The van der Waals surface area contributed by atoms with Crippen LogP contribution in [0.2, 0.25) is 0 Å². The summed E-state index contributed by atoms with van der Waals surface area (Å²) in [5.74, 6) is -0.358. The molecule has 0 spiro atoms. The Bertz CT molecular complexity index is 590. The van der Waals surface area contributed by atoms with Crippen LogP contribution < -0.4 is 21.5 Å². The zero-order valence-corrected chi connectivity index (χ0v) is 12.6. The van der Waals surface area contributed by atoms with Gasteiger partial charge >= 0.3 is 0 Å². The Morgan fingerprint density at radius 2 is 2.29 bits per heavy atom. The van der Waals surface area contributed by atoms with Crippen molar-refractivity contribution in [2.24, 2.45) is 0 Å². The minimum absolute atomic E-state index is 0.0545. The molecule has 0 radical (unpaired) electrons. The third-order valence-electron chi connectivity index (χ3n) is 3.26. The van der Waals surface area contributed by atoms with E-state index in [2.05, 4.69) is 26.5 Å². The number of carbonyl (C=O) groups is 2. The van der Waals surface area contributed by atoms with Crippen LogP contribution in [0.4, 0.5) is 0 Å². The molecule has 2 heterocycles. The highest BCUT2D eigenvalue weighted by atomic mass is 32.1. The van der Waals surface area contributed by atoms with Gasteiger partial charge in [0.15, 0.2) is 5.11 Å². The normalized spacial score (nSPS) is 13.9. The Hall–Kier alpha value is -2.22. The van der Waals surface area contributed by atoms with E-state index in [-0.39, 0.29) is 24.2 Å². The molecule has 0 bridgehead atoms. The first-order valence-electron chi connectivity index (χ1n) is 6.55. The van der Waals surface area contributed by atoms with Crippen molar-refractivity contribution in [1.29, 1.82) is 0 Å². The van der Waals surface area contributed by atoms with Gasteiger partial charge in [0.1, 0.15) is 0 Å². The molecule has 0 saturated heterocycles. The second kappa shape index (κ2) is 6.49. The fraction of sp³-hybridized carbons (Fsp3) is 0.385. The summed E-state index contributed by atoms with van der Waals surface area (Å²) in [4.78, 5) is 27.7. The van der Waals surface area contributed by atoms with Gasteiger partial charge in [0.2, 0.25) is 5.91 Å². The second-order valence-corrected chi connectivity index (χ2v) is 5.21. The van der Waals surface area contributed by atoms with Crippen molar-refractivity contribution in [2.75, 3.05) is 7.05 Å². The first-order valence-corrected chi connectivity index (χ1v) is 6.95. The molecule has 112 valence electrons. The molecule has 0 saturated carbocycles. The van der Waals surface area contributed by atoms with Crippen molar-refractivity contribution < 1.29 is 9.59 Å². The van der Waals surface area contributed by atoms with Crippen LogP contribution in [0.3, 0.4) is 0 Å². The van der Waals surface area contributed by atoms with Crippen LogP contribution in [0.5, 0.6) is 0 Å². The standard InChI is InChI=1S/C13H17N5O2S/c1-7(3-11(19)17-18-13(21)14-2)8-4-9-10(15-5-8)6-16-12(9)20/h4-5,7H,3,6H2,1-2H3,(H,16,20)(H,17,19)(H2,14,18,21). The van der Waals surface area contributed by atoms with Crippen LogP contribution in [0.25, 0.3) is 0 Å². The SMILES string of the molecule is CNC(=S)NNC(=O)CC(C)c1cnc2c(c1)C(=O)NC2. The number of hydrogen-bond donors (Lipinski definition) is 4. The fourth-order valence-corrected chi connectivity index (χ4v) is 2.06. The predicted molar refractivity (Wildman–Crippen MR) is 81.4 cm³/mol. The molecule has 0 aromatic carbocycles. The van der Waals surface area contributed by atoms with Crippen molar-refractivity contribution in [3.8, 4) is 0 Å². The maximum absolute atomic E-state index is 11.8. The van der Waals surface area contributed by atoms with Crippen molar-refractivity contribution in [3.05, 3.63) is 29.1 Å². The number of nitrogens with one attached hydrogen (secondary N) is 4. The van der Waals surface area contributed by atoms with Gasteiger partial charge in [0, 0.05) is 19.7 Å². The van der Waals surface area contributed by atoms with E-state index in [4.69, 9.17) is 12.2 Å². The minimum Gasteiger partial charge on any atom is -0.364 e. The number of carbonyl (C=O) groups excluding carboxylic acids is 2. The molecule has 1 unspecified atom stereocenters. The summed E-state index contributed by atoms with van der Waals surface area (Å²) in [6.45, 7) is 2.38. The van der Waals surface area contributed by atoms with Gasteiger partial charge < -0.3 is 10.6 Å². The van der Waals surface area contributed by atoms with Gasteiger partial charge in [-0.2, -0.15) is 0 Å². The van der Waals surface area contributed by atoms with E-state index in [0.29, 0.717) is 17.2 Å². The summed E-state index contributed by atoms with van der Waals surface area (Å²) in [6, 6.07) is 1.80. The molecular formula is C13H17N5O2S. The van der Waals surface area contributed by atoms with Crippen LogP contribution in [-0.4, -0.2) is 29.0 Å². The molecular weight excluding hydrogens is 290 g/mol. The lowest BCUT2D eigenvalue weighted by molar-refractivity contribution is -0.121. The molecule has 0 fully saturated rings. The maximum atomic E-state index is 11.8. The van der Waals surface area contributed by atoms with Gasteiger partial charge in [-0.3, -0.25) is 25.4 Å². The zero-order valence-electron chi connectivity index (χ0n) is 11.8. The number of rotatable bonds is 3. The number of nitrogens with zero attached hydrogens (tertiary/aromatic N) is 1. The average molecular weight is 307 g/mol. The van der Waals surface area contributed by atoms with Crippen molar-refractivity contribution >= 4 is 29.1 Å². The summed E-state index contributed by atoms with van der Waals surface area (Å²) >= 11 is 4.86. The van der Waals surface area contributed by atoms with Crippen LogP contribution in [0.15, 0.2) is 12.3 Å². The summed E-state index contributed by atoms with van der Waals surface area (Å²) in [6.07, 6.45) is 1.98. The number of thiocarbonyl (C=S) groups is 1. The summed E-state index contributed by atoms with van der Waals surface area (Å²) in [5.41, 5.74) is 7.28. The quantitative estimate of drug-likeness (QED) is 0.462. The van der Waals surface area contributed by atoms with E-state index in [1.165, 1.54) is 0 Å². The topological polar surface area (TPSA) is 95.2 Å². The van der Waals surface area contributed by atoms with Gasteiger partial charge in [-0.05, 0) is 29.8 Å². The third-order valence-corrected chi connectivity index (χ3v) is 3.56. The molecule has 2 amide bonds. The number of aromatic nitrogens is 1. The molecule has 7 nitrogen and oxygen atoms in total. The van der Waals surface area contributed by atoms with Gasteiger partial charge in [0.05, 0.1) is 17.8 Å². The molecule has 1 aliphatic rings. The minimum atomic E-state index is -0.190. The number of amides is 2. The van der Waals surface area contributed by atoms with Crippen LogP contribution in [0.1, 0.15) is 40.9 Å². The third kappa shape index (κ3) is 3.66. The smallest absolute Gasteiger partial charge is 0.253 e. The zero-order chi connectivity index (χ0) is 15.4. The Labute approximate surface area is 127 Å². The molecule has 1 aromatic rings. The summed E-state index contributed by atoms with van der Waals surface area (Å²) in [7, 11) is 1.66. The first-order chi connectivity index (χ1) is 10.0. The first kappa shape index (κ1) is 15.2. The lowest BCUT2D eigenvalue weighted by Gasteiger charge is -2.13.